The zero-order chi connectivity index (χ0) is 12.3. The van der Waals surface area contributed by atoms with E-state index in [9.17, 15) is 0 Å². The fourth-order valence-corrected chi connectivity index (χ4v) is 3.26. The van der Waals surface area contributed by atoms with Crippen LogP contribution < -0.4 is 5.73 Å². The van der Waals surface area contributed by atoms with E-state index < -0.39 is 0 Å². The minimum Gasteiger partial charge on any atom is -0.329 e. The molecule has 1 aliphatic heterocycles. The molecule has 0 saturated carbocycles. The van der Waals surface area contributed by atoms with Crippen LogP contribution in [0.1, 0.15) is 31.4 Å². The van der Waals surface area contributed by atoms with Crippen molar-refractivity contribution in [1.82, 2.24) is 4.90 Å². The highest BCUT2D eigenvalue weighted by atomic mass is 127. The van der Waals surface area contributed by atoms with Gasteiger partial charge in [-0.2, -0.15) is 0 Å². The minimum atomic E-state index is 0.404. The maximum Gasteiger partial charge on any atom is 0.0470 e. The van der Waals surface area contributed by atoms with E-state index in [1.165, 1.54) is 35.1 Å². The predicted molar refractivity (Wildman–Crippen MR) is 80.9 cm³/mol. The molecule has 1 aromatic rings. The lowest BCUT2D eigenvalue weighted by molar-refractivity contribution is 0.241. The van der Waals surface area contributed by atoms with Crippen LogP contribution in [0.4, 0.5) is 0 Å². The Morgan fingerprint density at radius 1 is 1.53 bits per heavy atom. The molecule has 1 heterocycles. The van der Waals surface area contributed by atoms with Crippen LogP contribution >= 0.6 is 22.6 Å². The summed E-state index contributed by atoms with van der Waals surface area (Å²) in [5, 5.41) is 0. The van der Waals surface area contributed by atoms with Crippen molar-refractivity contribution in [3.63, 3.8) is 0 Å². The van der Waals surface area contributed by atoms with E-state index >= 15 is 0 Å². The first-order valence-corrected chi connectivity index (χ1v) is 7.52. The van der Waals surface area contributed by atoms with Crippen molar-refractivity contribution >= 4 is 22.6 Å². The SMILES string of the molecule is CCC1CCN(C(CN)c2cccc(I)c2)C1. The Bertz CT molecular complexity index is 367. The lowest BCUT2D eigenvalue weighted by Gasteiger charge is -2.27. The van der Waals surface area contributed by atoms with Gasteiger partial charge in [-0.15, -0.1) is 0 Å². The fraction of sp³-hybridized carbons (Fsp3) is 0.571. The molecule has 2 rings (SSSR count). The molecule has 3 heteroatoms. The van der Waals surface area contributed by atoms with Gasteiger partial charge in [-0.05, 0) is 59.2 Å². The van der Waals surface area contributed by atoms with Gasteiger partial charge in [-0.3, -0.25) is 4.90 Å². The van der Waals surface area contributed by atoms with Crippen LogP contribution in [0.25, 0.3) is 0 Å². The van der Waals surface area contributed by atoms with Crippen LogP contribution in [0.15, 0.2) is 24.3 Å². The van der Waals surface area contributed by atoms with Crippen LogP contribution in [0, 0.1) is 9.49 Å². The molecule has 1 saturated heterocycles. The van der Waals surface area contributed by atoms with Gasteiger partial charge in [0.2, 0.25) is 0 Å². The van der Waals surface area contributed by atoms with Gasteiger partial charge in [-0.1, -0.05) is 25.5 Å². The maximum absolute atomic E-state index is 5.98. The quantitative estimate of drug-likeness (QED) is 0.851. The Kier molecular flexibility index (Phi) is 4.82. The largest absolute Gasteiger partial charge is 0.329 e. The summed E-state index contributed by atoms with van der Waals surface area (Å²) in [5.41, 5.74) is 7.35. The molecular weight excluding hydrogens is 323 g/mol. The van der Waals surface area contributed by atoms with Gasteiger partial charge in [0.05, 0.1) is 0 Å². The van der Waals surface area contributed by atoms with E-state index in [1.807, 2.05) is 0 Å². The Hall–Kier alpha value is -0.130. The zero-order valence-corrected chi connectivity index (χ0v) is 12.6. The summed E-state index contributed by atoms with van der Waals surface area (Å²) in [6.07, 6.45) is 2.62. The third-order valence-electron chi connectivity index (χ3n) is 3.79. The molecule has 1 aliphatic rings. The Balaban J connectivity index is 2.11. The van der Waals surface area contributed by atoms with Crippen LogP contribution in [0.2, 0.25) is 0 Å². The average molecular weight is 344 g/mol. The predicted octanol–water partition coefficient (Wildman–Crippen LogP) is 3.02. The van der Waals surface area contributed by atoms with Crippen molar-refractivity contribution in [2.45, 2.75) is 25.8 Å². The number of likely N-dealkylation sites (tertiary alicyclic amines) is 1. The van der Waals surface area contributed by atoms with Gasteiger partial charge in [-0.25, -0.2) is 0 Å². The molecule has 2 atom stereocenters. The van der Waals surface area contributed by atoms with E-state index in [1.54, 1.807) is 0 Å². The topological polar surface area (TPSA) is 29.3 Å². The van der Waals surface area contributed by atoms with Crippen LogP contribution in [0.3, 0.4) is 0 Å². The van der Waals surface area contributed by atoms with Crippen molar-refractivity contribution in [2.75, 3.05) is 19.6 Å². The van der Waals surface area contributed by atoms with Crippen LogP contribution in [-0.2, 0) is 0 Å². The van der Waals surface area contributed by atoms with Crippen molar-refractivity contribution in [3.8, 4) is 0 Å². The number of nitrogens with zero attached hydrogens (tertiary/aromatic N) is 1. The van der Waals surface area contributed by atoms with Crippen molar-refractivity contribution in [2.24, 2.45) is 11.7 Å². The molecule has 94 valence electrons. The van der Waals surface area contributed by atoms with E-state index in [4.69, 9.17) is 5.73 Å². The van der Waals surface area contributed by atoms with Gasteiger partial charge < -0.3 is 5.73 Å². The van der Waals surface area contributed by atoms with Gasteiger partial charge >= 0.3 is 0 Å². The molecule has 0 radical (unpaired) electrons. The number of nitrogens with two attached hydrogens (primary N) is 1. The number of benzene rings is 1. The maximum atomic E-state index is 5.98. The second-order valence-electron chi connectivity index (χ2n) is 4.86. The molecule has 2 nitrogen and oxygen atoms in total. The lowest BCUT2D eigenvalue weighted by Crippen LogP contribution is -2.32. The number of halogens is 1. The minimum absolute atomic E-state index is 0.404. The van der Waals surface area contributed by atoms with Gasteiger partial charge in [0.15, 0.2) is 0 Å². The standard InChI is InChI=1S/C14H21IN2/c1-2-11-6-7-17(10-11)14(9-16)12-4-3-5-13(15)8-12/h3-5,8,11,14H,2,6-7,9-10,16H2,1H3. The van der Waals surface area contributed by atoms with Crippen molar-refractivity contribution in [1.29, 1.82) is 0 Å². The number of hydrogen-bond donors (Lipinski definition) is 1. The van der Waals surface area contributed by atoms with Crippen LogP contribution in [0.5, 0.6) is 0 Å². The first kappa shape index (κ1) is 13.3. The number of rotatable bonds is 4. The molecular formula is C14H21IN2. The molecule has 0 amide bonds. The normalized spacial score (nSPS) is 22.9. The highest BCUT2D eigenvalue weighted by molar-refractivity contribution is 14.1. The van der Waals surface area contributed by atoms with Crippen molar-refractivity contribution < 1.29 is 0 Å². The molecule has 0 spiro atoms. The van der Waals surface area contributed by atoms with E-state index in [0.717, 1.165) is 12.5 Å². The van der Waals surface area contributed by atoms with E-state index in [2.05, 4.69) is 58.7 Å². The highest BCUT2D eigenvalue weighted by Gasteiger charge is 2.27. The summed E-state index contributed by atoms with van der Waals surface area (Å²) in [5.74, 6) is 0.867. The third kappa shape index (κ3) is 3.20. The molecule has 0 aromatic heterocycles. The van der Waals surface area contributed by atoms with Crippen LogP contribution in [-0.4, -0.2) is 24.5 Å². The van der Waals surface area contributed by atoms with Gasteiger partial charge in [0, 0.05) is 22.7 Å². The summed E-state index contributed by atoms with van der Waals surface area (Å²) in [7, 11) is 0. The lowest BCUT2D eigenvalue weighted by atomic mass is 10.1. The Labute approximate surface area is 118 Å². The second-order valence-corrected chi connectivity index (χ2v) is 6.11. The summed E-state index contributed by atoms with van der Waals surface area (Å²) >= 11 is 2.37. The summed E-state index contributed by atoms with van der Waals surface area (Å²) in [4.78, 5) is 2.56. The number of hydrogen-bond acceptors (Lipinski definition) is 2. The zero-order valence-electron chi connectivity index (χ0n) is 10.4. The monoisotopic (exact) mass is 344 g/mol. The molecule has 17 heavy (non-hydrogen) atoms. The third-order valence-corrected chi connectivity index (χ3v) is 4.46. The molecule has 2 unspecified atom stereocenters. The van der Waals surface area contributed by atoms with Crippen molar-refractivity contribution in [3.05, 3.63) is 33.4 Å². The molecule has 1 aromatic carbocycles. The first-order valence-electron chi connectivity index (χ1n) is 6.44. The summed E-state index contributed by atoms with van der Waals surface area (Å²) in [6, 6.07) is 9.14. The van der Waals surface area contributed by atoms with E-state index in [0.29, 0.717) is 6.04 Å². The molecule has 1 fully saturated rings. The summed E-state index contributed by atoms with van der Waals surface area (Å²) < 4.78 is 1.30. The molecule has 0 aliphatic carbocycles. The molecule has 2 N–H and O–H groups in total. The second kappa shape index (κ2) is 6.16. The summed E-state index contributed by atoms with van der Waals surface area (Å²) in [6.45, 7) is 5.42. The Morgan fingerprint density at radius 2 is 2.35 bits per heavy atom. The molecule has 0 bridgehead atoms. The Morgan fingerprint density at radius 3 is 2.94 bits per heavy atom. The van der Waals surface area contributed by atoms with Gasteiger partial charge in [0.25, 0.3) is 0 Å². The van der Waals surface area contributed by atoms with Gasteiger partial charge in [0.1, 0.15) is 0 Å². The smallest absolute Gasteiger partial charge is 0.0470 e. The highest BCUT2D eigenvalue weighted by Crippen LogP contribution is 2.28. The fourth-order valence-electron chi connectivity index (χ4n) is 2.69. The van der Waals surface area contributed by atoms with E-state index in [-0.39, 0.29) is 0 Å². The average Bonchev–Trinajstić information content (AvgIpc) is 2.79. The first-order chi connectivity index (χ1) is 8.24.